The van der Waals surface area contributed by atoms with Gasteiger partial charge in [-0.1, -0.05) is 18.2 Å². The van der Waals surface area contributed by atoms with Gasteiger partial charge in [0.1, 0.15) is 6.04 Å². The molecule has 7 nitrogen and oxygen atoms in total. The predicted octanol–water partition coefficient (Wildman–Crippen LogP) is 0.275. The van der Waals surface area contributed by atoms with Crippen molar-refractivity contribution in [2.75, 3.05) is 6.54 Å². The molecule has 0 bridgehead atoms. The first-order chi connectivity index (χ1) is 11.8. The number of carbonyl (C=O) groups is 3. The first kappa shape index (κ1) is 17.6. The Kier molecular flexibility index (Phi) is 4.62. The number of nitrogens with two attached hydrogens (primary N) is 1. The lowest BCUT2D eigenvalue weighted by atomic mass is 10.0. The number of amides is 3. The van der Waals surface area contributed by atoms with Crippen LogP contribution in [0.4, 0.5) is 0 Å². The van der Waals surface area contributed by atoms with E-state index in [1.807, 2.05) is 32.0 Å². The van der Waals surface area contributed by atoms with Gasteiger partial charge in [0.25, 0.3) is 5.91 Å². The summed E-state index contributed by atoms with van der Waals surface area (Å²) in [4.78, 5) is 37.9. The Labute approximate surface area is 146 Å². The maximum atomic E-state index is 12.9. The summed E-state index contributed by atoms with van der Waals surface area (Å²) < 4.78 is 0. The number of carbonyl (C=O) groups excluding carboxylic acids is 3. The highest BCUT2D eigenvalue weighted by Crippen LogP contribution is 2.29. The summed E-state index contributed by atoms with van der Waals surface area (Å²) in [5.41, 5.74) is 8.13. The van der Waals surface area contributed by atoms with Gasteiger partial charge in [-0.3, -0.25) is 19.7 Å². The van der Waals surface area contributed by atoms with Crippen LogP contribution in [0.1, 0.15) is 48.2 Å². The minimum absolute atomic E-state index is 0.145. The van der Waals surface area contributed by atoms with Crippen molar-refractivity contribution < 1.29 is 14.4 Å². The zero-order chi connectivity index (χ0) is 18.2. The van der Waals surface area contributed by atoms with Crippen molar-refractivity contribution in [3.63, 3.8) is 0 Å². The Morgan fingerprint density at radius 2 is 2.08 bits per heavy atom. The number of hydrogen-bond acceptors (Lipinski definition) is 5. The molecular weight excluding hydrogens is 320 g/mol. The van der Waals surface area contributed by atoms with Gasteiger partial charge in [-0.25, -0.2) is 0 Å². The van der Waals surface area contributed by atoms with E-state index in [0.717, 1.165) is 11.1 Å². The van der Waals surface area contributed by atoms with Crippen LogP contribution in [0.3, 0.4) is 0 Å². The van der Waals surface area contributed by atoms with Gasteiger partial charge in [0.2, 0.25) is 11.8 Å². The van der Waals surface area contributed by atoms with E-state index in [1.54, 1.807) is 4.90 Å². The number of rotatable bonds is 5. The van der Waals surface area contributed by atoms with Crippen LogP contribution in [0.25, 0.3) is 0 Å². The number of nitrogens with one attached hydrogen (secondary N) is 2. The topological polar surface area (TPSA) is 105 Å². The van der Waals surface area contributed by atoms with Gasteiger partial charge in [0.15, 0.2) is 0 Å². The molecule has 134 valence electrons. The summed E-state index contributed by atoms with van der Waals surface area (Å²) in [5.74, 6) is -0.810. The van der Waals surface area contributed by atoms with Crippen LogP contribution >= 0.6 is 0 Å². The number of benzene rings is 1. The van der Waals surface area contributed by atoms with Crippen molar-refractivity contribution in [2.45, 2.75) is 51.4 Å². The van der Waals surface area contributed by atoms with Gasteiger partial charge < -0.3 is 16.0 Å². The Balaban J connectivity index is 1.76. The van der Waals surface area contributed by atoms with Gasteiger partial charge in [-0.05, 0) is 31.4 Å². The third-order valence-corrected chi connectivity index (χ3v) is 4.53. The molecule has 2 heterocycles. The first-order valence-electron chi connectivity index (χ1n) is 8.51. The van der Waals surface area contributed by atoms with Gasteiger partial charge in [0, 0.05) is 37.2 Å². The summed E-state index contributed by atoms with van der Waals surface area (Å²) in [6, 6.07) is 5.17. The van der Waals surface area contributed by atoms with E-state index in [0.29, 0.717) is 31.6 Å². The summed E-state index contributed by atoms with van der Waals surface area (Å²) in [6.07, 6.45) is 0.635. The summed E-state index contributed by atoms with van der Waals surface area (Å²) in [6.45, 7) is 5.44. The highest BCUT2D eigenvalue weighted by Gasteiger charge is 2.39. The fourth-order valence-electron chi connectivity index (χ4n) is 3.36. The van der Waals surface area contributed by atoms with Crippen LogP contribution in [-0.2, 0) is 22.7 Å². The number of piperidine rings is 1. The molecule has 1 aromatic rings. The maximum Gasteiger partial charge on any atom is 0.255 e. The van der Waals surface area contributed by atoms with Crippen LogP contribution in [0.2, 0.25) is 0 Å². The molecule has 0 saturated carbocycles. The normalized spacial score (nSPS) is 20.7. The first-order valence-corrected chi connectivity index (χ1v) is 8.51. The largest absolute Gasteiger partial charge is 0.324 e. The molecule has 1 saturated heterocycles. The second-order valence-electron chi connectivity index (χ2n) is 7.44. The molecule has 2 aliphatic rings. The predicted molar refractivity (Wildman–Crippen MR) is 92.5 cm³/mol. The lowest BCUT2D eigenvalue weighted by Gasteiger charge is -2.29. The van der Waals surface area contributed by atoms with E-state index in [1.165, 1.54) is 0 Å². The molecule has 2 aliphatic heterocycles. The minimum atomic E-state index is -0.582. The van der Waals surface area contributed by atoms with Crippen LogP contribution in [-0.4, -0.2) is 40.7 Å². The minimum Gasteiger partial charge on any atom is -0.324 e. The zero-order valence-electron chi connectivity index (χ0n) is 14.6. The molecule has 1 aromatic carbocycles. The third-order valence-electron chi connectivity index (χ3n) is 4.53. The standard InChI is InChI=1S/C18H24N4O3/c1-18(2,19)10-20-8-11-4-3-5-12-9-22(17(25)15(11)12)13-6-7-14(23)21-16(13)24/h3-5,13,20H,6-10,19H2,1-2H3,(H,21,23,24). The van der Waals surface area contributed by atoms with Crippen LogP contribution in [0.5, 0.6) is 0 Å². The van der Waals surface area contributed by atoms with Crippen molar-refractivity contribution in [3.05, 3.63) is 34.9 Å². The molecule has 4 N–H and O–H groups in total. The van der Waals surface area contributed by atoms with Crippen molar-refractivity contribution in [2.24, 2.45) is 5.73 Å². The molecule has 25 heavy (non-hydrogen) atoms. The number of hydrogen-bond donors (Lipinski definition) is 3. The lowest BCUT2D eigenvalue weighted by Crippen LogP contribution is -2.52. The summed E-state index contributed by atoms with van der Waals surface area (Å²) in [7, 11) is 0. The molecule has 0 radical (unpaired) electrons. The van der Waals surface area contributed by atoms with Crippen molar-refractivity contribution in [1.29, 1.82) is 0 Å². The Bertz CT molecular complexity index is 724. The number of imide groups is 1. The van der Waals surface area contributed by atoms with Crippen LogP contribution in [0, 0.1) is 0 Å². The van der Waals surface area contributed by atoms with Gasteiger partial charge >= 0.3 is 0 Å². The second-order valence-corrected chi connectivity index (χ2v) is 7.44. The van der Waals surface area contributed by atoms with Gasteiger partial charge in [0.05, 0.1) is 0 Å². The fourth-order valence-corrected chi connectivity index (χ4v) is 3.36. The molecule has 1 atom stereocenters. The third kappa shape index (κ3) is 3.72. The average molecular weight is 344 g/mol. The van der Waals surface area contributed by atoms with Crippen LogP contribution < -0.4 is 16.4 Å². The number of nitrogens with zero attached hydrogens (tertiary/aromatic N) is 1. The molecule has 7 heteroatoms. The van der Waals surface area contributed by atoms with Crippen molar-refractivity contribution in [1.82, 2.24) is 15.5 Å². The summed E-state index contributed by atoms with van der Waals surface area (Å²) in [5, 5.41) is 5.60. The lowest BCUT2D eigenvalue weighted by molar-refractivity contribution is -0.136. The smallest absolute Gasteiger partial charge is 0.255 e. The van der Waals surface area contributed by atoms with E-state index >= 15 is 0 Å². The Morgan fingerprint density at radius 1 is 1.32 bits per heavy atom. The van der Waals surface area contributed by atoms with E-state index in [9.17, 15) is 14.4 Å². The molecule has 0 spiro atoms. The van der Waals surface area contributed by atoms with E-state index in [4.69, 9.17) is 5.73 Å². The van der Waals surface area contributed by atoms with Gasteiger partial charge in [-0.15, -0.1) is 0 Å². The number of fused-ring (bicyclic) bond motifs is 1. The van der Waals surface area contributed by atoms with Crippen molar-refractivity contribution >= 4 is 17.7 Å². The molecule has 1 unspecified atom stereocenters. The molecule has 3 amide bonds. The van der Waals surface area contributed by atoms with Gasteiger partial charge in [-0.2, -0.15) is 0 Å². The highest BCUT2D eigenvalue weighted by atomic mass is 16.2. The monoisotopic (exact) mass is 344 g/mol. The van der Waals surface area contributed by atoms with E-state index in [-0.39, 0.29) is 29.7 Å². The quantitative estimate of drug-likeness (QED) is 0.665. The Morgan fingerprint density at radius 3 is 2.76 bits per heavy atom. The summed E-state index contributed by atoms with van der Waals surface area (Å²) >= 11 is 0. The maximum absolute atomic E-state index is 12.9. The molecule has 3 rings (SSSR count). The molecule has 1 fully saturated rings. The average Bonchev–Trinajstić information content (AvgIpc) is 2.84. The zero-order valence-corrected chi connectivity index (χ0v) is 14.6. The molecular formula is C18H24N4O3. The second kappa shape index (κ2) is 6.57. The van der Waals surface area contributed by atoms with Crippen LogP contribution in [0.15, 0.2) is 18.2 Å². The SMILES string of the molecule is CC(C)(N)CNCc1cccc2c1C(=O)N(C1CCC(=O)NC1=O)C2. The Hall–Kier alpha value is -2.25. The fraction of sp³-hybridized carbons (Fsp3) is 0.500. The molecule has 0 aliphatic carbocycles. The van der Waals surface area contributed by atoms with E-state index < -0.39 is 6.04 Å². The van der Waals surface area contributed by atoms with E-state index in [2.05, 4.69) is 10.6 Å². The molecule has 0 aromatic heterocycles. The van der Waals surface area contributed by atoms with Crippen molar-refractivity contribution in [3.8, 4) is 0 Å². The highest BCUT2D eigenvalue weighted by molar-refractivity contribution is 6.05.